The molecule has 1 aliphatic rings. The molecule has 186 valence electrons. The van der Waals surface area contributed by atoms with Gasteiger partial charge < -0.3 is 4.90 Å². The largest absolute Gasteiger partial charge is 0.433 e. The van der Waals surface area contributed by atoms with Crippen LogP contribution in [-0.2, 0) is 12.4 Å². The maximum Gasteiger partial charge on any atom is 0.433 e. The summed E-state index contributed by atoms with van der Waals surface area (Å²) < 4.78 is 80.1. The fourth-order valence-electron chi connectivity index (χ4n) is 3.48. The van der Waals surface area contributed by atoms with E-state index in [0.717, 1.165) is 36.1 Å². The molecule has 0 N–H and O–H groups in total. The lowest BCUT2D eigenvalue weighted by Crippen LogP contribution is -2.37. The van der Waals surface area contributed by atoms with Crippen LogP contribution in [0.5, 0.6) is 0 Å². The van der Waals surface area contributed by atoms with E-state index < -0.39 is 41.5 Å². The summed E-state index contributed by atoms with van der Waals surface area (Å²) in [4.78, 5) is 26.1. The first kappa shape index (κ1) is 24.9. The Morgan fingerprint density at radius 1 is 1.14 bits per heavy atom. The Kier molecular flexibility index (Phi) is 6.47. The van der Waals surface area contributed by atoms with Crippen molar-refractivity contribution in [2.75, 3.05) is 6.54 Å². The minimum absolute atomic E-state index is 0.0383. The van der Waals surface area contributed by atoms with E-state index in [1.165, 1.54) is 4.90 Å². The average Bonchev–Trinajstić information content (AvgIpc) is 3.47. The van der Waals surface area contributed by atoms with E-state index >= 15 is 0 Å². The van der Waals surface area contributed by atoms with Crippen LogP contribution in [0.15, 0.2) is 36.8 Å². The SMILES string of the molecule is CC(c1ncnn1-c1nccc(C(F)(F)F)n1)N(CC1CC1)C(=O)c1cc(Cl)cc(C(F)(F)F)c1. The van der Waals surface area contributed by atoms with Crippen molar-refractivity contribution in [2.24, 2.45) is 5.92 Å². The number of alkyl halides is 6. The molecule has 1 amide bonds. The van der Waals surface area contributed by atoms with Crippen molar-refractivity contribution in [1.29, 1.82) is 0 Å². The zero-order valence-electron chi connectivity index (χ0n) is 18.0. The van der Waals surface area contributed by atoms with E-state index in [9.17, 15) is 31.1 Å². The number of aromatic nitrogens is 5. The number of hydrogen-bond donors (Lipinski definition) is 0. The van der Waals surface area contributed by atoms with Gasteiger partial charge in [0, 0.05) is 23.3 Å². The van der Waals surface area contributed by atoms with Crippen molar-refractivity contribution in [2.45, 2.75) is 38.2 Å². The minimum Gasteiger partial charge on any atom is -0.328 e. The Bertz CT molecular complexity index is 1240. The summed E-state index contributed by atoms with van der Waals surface area (Å²) in [7, 11) is 0. The van der Waals surface area contributed by atoms with Gasteiger partial charge in [-0.25, -0.2) is 15.0 Å². The number of carbonyl (C=O) groups is 1. The third-order valence-corrected chi connectivity index (χ3v) is 5.64. The molecule has 3 aromatic rings. The van der Waals surface area contributed by atoms with Crippen molar-refractivity contribution in [3.8, 4) is 5.95 Å². The highest BCUT2D eigenvalue weighted by Gasteiger charge is 2.36. The van der Waals surface area contributed by atoms with Gasteiger partial charge in [0.2, 0.25) is 0 Å². The van der Waals surface area contributed by atoms with E-state index in [-0.39, 0.29) is 28.9 Å². The minimum atomic E-state index is -4.72. The lowest BCUT2D eigenvalue weighted by atomic mass is 10.1. The van der Waals surface area contributed by atoms with Gasteiger partial charge in [0.15, 0.2) is 5.82 Å². The average molecular weight is 519 g/mol. The molecule has 2 aromatic heterocycles. The molecule has 0 saturated heterocycles. The molecule has 1 atom stereocenters. The van der Waals surface area contributed by atoms with Gasteiger partial charge in [-0.1, -0.05) is 11.6 Å². The van der Waals surface area contributed by atoms with Crippen molar-refractivity contribution < 1.29 is 31.1 Å². The highest BCUT2D eigenvalue weighted by Crippen LogP contribution is 2.36. The Morgan fingerprint density at radius 2 is 1.86 bits per heavy atom. The standard InChI is InChI=1S/C21H17ClF6N6O/c1-11(17-30-10-31-34(17)19-29-5-4-16(32-19)21(26,27)28)33(9-12-2-3-12)18(35)13-6-14(20(23,24)25)8-15(22)7-13/h4-8,10-12H,2-3,9H2,1H3. The molecule has 1 saturated carbocycles. The van der Waals surface area contributed by atoms with E-state index in [1.807, 2.05) is 0 Å². The maximum atomic E-state index is 13.4. The number of rotatable bonds is 6. The number of hydrogen-bond acceptors (Lipinski definition) is 5. The van der Waals surface area contributed by atoms with Gasteiger partial charge in [-0.3, -0.25) is 4.79 Å². The molecule has 7 nitrogen and oxygen atoms in total. The number of amides is 1. The van der Waals surface area contributed by atoms with Crippen molar-refractivity contribution >= 4 is 17.5 Å². The zero-order chi connectivity index (χ0) is 25.5. The quantitative estimate of drug-likeness (QED) is 0.411. The lowest BCUT2D eigenvalue weighted by molar-refractivity contribution is -0.141. The molecule has 0 bridgehead atoms. The first-order valence-electron chi connectivity index (χ1n) is 10.3. The normalized spacial score (nSPS) is 15.2. The molecule has 4 rings (SSSR count). The van der Waals surface area contributed by atoms with Gasteiger partial charge in [-0.15, -0.1) is 0 Å². The first-order chi connectivity index (χ1) is 16.3. The number of benzene rings is 1. The van der Waals surface area contributed by atoms with Gasteiger partial charge in [0.05, 0.1) is 11.6 Å². The van der Waals surface area contributed by atoms with Crippen LogP contribution in [0.3, 0.4) is 0 Å². The Labute approximate surface area is 199 Å². The lowest BCUT2D eigenvalue weighted by Gasteiger charge is -2.29. The van der Waals surface area contributed by atoms with Crippen molar-refractivity contribution in [3.05, 3.63) is 64.5 Å². The summed E-state index contributed by atoms with van der Waals surface area (Å²) in [6, 6.07) is 2.36. The van der Waals surface area contributed by atoms with Gasteiger partial charge in [-0.05, 0) is 49.9 Å². The second-order valence-corrected chi connectivity index (χ2v) is 8.51. The predicted molar refractivity (Wildman–Crippen MR) is 111 cm³/mol. The van der Waals surface area contributed by atoms with Gasteiger partial charge in [0.25, 0.3) is 11.9 Å². The Balaban J connectivity index is 1.71. The number of nitrogens with zero attached hydrogens (tertiary/aromatic N) is 6. The van der Waals surface area contributed by atoms with E-state index in [1.54, 1.807) is 6.92 Å². The van der Waals surface area contributed by atoms with Crippen LogP contribution >= 0.6 is 11.6 Å². The number of carbonyl (C=O) groups excluding carboxylic acids is 1. The van der Waals surface area contributed by atoms with Crippen molar-refractivity contribution in [1.82, 2.24) is 29.6 Å². The highest BCUT2D eigenvalue weighted by molar-refractivity contribution is 6.31. The second kappa shape index (κ2) is 9.10. The van der Waals surface area contributed by atoms with Crippen LogP contribution < -0.4 is 0 Å². The van der Waals surface area contributed by atoms with Crippen molar-refractivity contribution in [3.63, 3.8) is 0 Å². The second-order valence-electron chi connectivity index (χ2n) is 8.07. The van der Waals surface area contributed by atoms with Gasteiger partial charge in [-0.2, -0.15) is 36.1 Å². The van der Waals surface area contributed by atoms with Crippen LogP contribution in [0.25, 0.3) is 5.95 Å². The molecular weight excluding hydrogens is 502 g/mol. The van der Waals surface area contributed by atoms with Crippen LogP contribution in [0.2, 0.25) is 5.02 Å². The number of halogens is 7. The van der Waals surface area contributed by atoms with Gasteiger partial charge in [0.1, 0.15) is 12.0 Å². The van der Waals surface area contributed by atoms with Gasteiger partial charge >= 0.3 is 12.4 Å². The molecule has 0 radical (unpaired) electrons. The fourth-order valence-corrected chi connectivity index (χ4v) is 3.71. The third-order valence-electron chi connectivity index (χ3n) is 5.42. The Hall–Kier alpha value is -3.22. The van der Waals surface area contributed by atoms with E-state index in [4.69, 9.17) is 11.6 Å². The maximum absolute atomic E-state index is 13.4. The summed E-state index contributed by atoms with van der Waals surface area (Å²) >= 11 is 5.85. The smallest absolute Gasteiger partial charge is 0.328 e. The molecule has 2 heterocycles. The van der Waals surface area contributed by atoms with Crippen LogP contribution in [0.1, 0.15) is 53.2 Å². The molecule has 1 fully saturated rings. The Morgan fingerprint density at radius 3 is 2.49 bits per heavy atom. The van der Waals surface area contributed by atoms with Crippen LogP contribution in [-0.4, -0.2) is 42.1 Å². The third kappa shape index (κ3) is 5.55. The molecule has 1 aliphatic carbocycles. The van der Waals surface area contributed by atoms with E-state index in [2.05, 4.69) is 20.1 Å². The van der Waals surface area contributed by atoms with Crippen LogP contribution in [0.4, 0.5) is 26.3 Å². The summed E-state index contributed by atoms with van der Waals surface area (Å²) in [5, 5.41) is 3.64. The summed E-state index contributed by atoms with van der Waals surface area (Å²) in [6.07, 6.45) is -5.81. The molecule has 0 aliphatic heterocycles. The topological polar surface area (TPSA) is 76.8 Å². The predicted octanol–water partition coefficient (Wildman–Crippen LogP) is 5.36. The molecule has 1 aromatic carbocycles. The molecule has 0 spiro atoms. The summed E-state index contributed by atoms with van der Waals surface area (Å²) in [5.41, 5.74) is -2.55. The summed E-state index contributed by atoms with van der Waals surface area (Å²) in [5.74, 6) is -0.989. The molecule has 35 heavy (non-hydrogen) atoms. The fraction of sp³-hybridized carbons (Fsp3) is 0.381. The molecule has 14 heteroatoms. The summed E-state index contributed by atoms with van der Waals surface area (Å²) in [6.45, 7) is 1.74. The molecular formula is C21H17ClF6N6O. The molecule has 1 unspecified atom stereocenters. The first-order valence-corrected chi connectivity index (χ1v) is 10.7. The zero-order valence-corrected chi connectivity index (χ0v) is 18.7. The monoisotopic (exact) mass is 518 g/mol. The highest BCUT2D eigenvalue weighted by atomic mass is 35.5. The van der Waals surface area contributed by atoms with Crippen LogP contribution in [0, 0.1) is 5.92 Å². The van der Waals surface area contributed by atoms with E-state index in [0.29, 0.717) is 18.2 Å².